The van der Waals surface area contributed by atoms with E-state index in [1.165, 1.54) is 6.20 Å². The maximum atomic E-state index is 10.7. The van der Waals surface area contributed by atoms with E-state index in [9.17, 15) is 10.1 Å². The topological polar surface area (TPSA) is 77.3 Å². The highest BCUT2D eigenvalue weighted by molar-refractivity contribution is 9.10. The summed E-state index contributed by atoms with van der Waals surface area (Å²) < 4.78 is 5.70. The van der Waals surface area contributed by atoms with E-state index in [-0.39, 0.29) is 11.8 Å². The molecule has 6 nitrogen and oxygen atoms in total. The van der Waals surface area contributed by atoms with Crippen molar-refractivity contribution in [1.29, 1.82) is 0 Å². The average Bonchev–Trinajstić information content (AvgIpc) is 2.30. The molecule has 0 aromatic carbocycles. The van der Waals surface area contributed by atoms with Gasteiger partial charge in [0, 0.05) is 19.2 Å². The number of methoxy groups -OCH3 is 1. The van der Waals surface area contributed by atoms with Crippen molar-refractivity contribution in [2.45, 2.75) is 20.0 Å². The number of pyridine rings is 1. The zero-order valence-corrected chi connectivity index (χ0v) is 11.4. The maximum absolute atomic E-state index is 10.7. The first-order valence-electron chi connectivity index (χ1n) is 5.03. The van der Waals surface area contributed by atoms with E-state index < -0.39 is 4.92 Å². The monoisotopic (exact) mass is 303 g/mol. The minimum absolute atomic E-state index is 0.00205. The smallest absolute Gasteiger partial charge is 0.291 e. The van der Waals surface area contributed by atoms with E-state index in [2.05, 4.69) is 26.2 Å². The number of aromatic nitrogens is 1. The molecule has 1 N–H and O–H groups in total. The molecule has 0 bridgehead atoms. The van der Waals surface area contributed by atoms with Crippen LogP contribution < -0.4 is 5.32 Å². The number of nitro groups is 1. The second-order valence-corrected chi connectivity index (χ2v) is 4.41. The molecule has 1 atom stereocenters. The van der Waals surface area contributed by atoms with Gasteiger partial charge in [-0.1, -0.05) is 0 Å². The van der Waals surface area contributed by atoms with Gasteiger partial charge in [-0.05, 0) is 29.8 Å². The quantitative estimate of drug-likeness (QED) is 0.668. The van der Waals surface area contributed by atoms with Gasteiger partial charge in [-0.25, -0.2) is 4.98 Å². The number of nitrogens with zero attached hydrogens (tertiary/aromatic N) is 2. The van der Waals surface area contributed by atoms with Gasteiger partial charge in [-0.2, -0.15) is 0 Å². The molecule has 1 heterocycles. The molecule has 0 saturated carbocycles. The molecule has 0 saturated heterocycles. The van der Waals surface area contributed by atoms with E-state index >= 15 is 0 Å². The van der Waals surface area contributed by atoms with E-state index in [0.717, 1.165) is 0 Å². The molecule has 0 radical (unpaired) electrons. The van der Waals surface area contributed by atoms with Crippen molar-refractivity contribution in [3.63, 3.8) is 0 Å². The van der Waals surface area contributed by atoms with E-state index in [4.69, 9.17) is 4.74 Å². The normalized spacial score (nSPS) is 12.2. The first kappa shape index (κ1) is 13.9. The highest BCUT2D eigenvalue weighted by Gasteiger charge is 2.17. The summed E-state index contributed by atoms with van der Waals surface area (Å²) in [5.74, 6) is 0.581. The molecule has 0 fully saturated rings. The van der Waals surface area contributed by atoms with Gasteiger partial charge in [0.15, 0.2) is 0 Å². The van der Waals surface area contributed by atoms with Gasteiger partial charge in [-0.3, -0.25) is 10.1 Å². The molecular weight excluding hydrogens is 290 g/mol. The third kappa shape index (κ3) is 3.37. The molecule has 0 aliphatic heterocycles. The highest BCUT2D eigenvalue weighted by Crippen LogP contribution is 2.30. The Morgan fingerprint density at radius 2 is 2.35 bits per heavy atom. The van der Waals surface area contributed by atoms with Crippen molar-refractivity contribution in [3.8, 4) is 0 Å². The van der Waals surface area contributed by atoms with Crippen LogP contribution in [0.1, 0.15) is 12.5 Å². The number of hydrogen-bond acceptors (Lipinski definition) is 5. The maximum Gasteiger partial charge on any atom is 0.291 e. The number of hydrogen-bond donors (Lipinski definition) is 1. The fraction of sp³-hybridized carbons (Fsp3) is 0.500. The molecule has 1 aromatic rings. The molecule has 94 valence electrons. The summed E-state index contributed by atoms with van der Waals surface area (Å²) in [5.41, 5.74) is 0.555. The summed E-state index contributed by atoms with van der Waals surface area (Å²) in [6.07, 6.45) is 1.29. The molecule has 0 spiro atoms. The van der Waals surface area contributed by atoms with Gasteiger partial charge in [0.1, 0.15) is 12.0 Å². The predicted octanol–water partition coefficient (Wildman–Crippen LogP) is 2.51. The SMILES string of the molecule is COC(C)CNc1ncc([N+](=O)[O-])c(C)c1Br. The summed E-state index contributed by atoms with van der Waals surface area (Å²) >= 11 is 3.30. The van der Waals surface area contributed by atoms with Crippen LogP contribution in [-0.2, 0) is 4.74 Å². The molecule has 0 aliphatic rings. The minimum atomic E-state index is -0.450. The molecule has 1 rings (SSSR count). The Kier molecular flexibility index (Phi) is 4.83. The molecule has 17 heavy (non-hydrogen) atoms. The molecular formula is C10H14BrN3O3. The third-order valence-corrected chi connectivity index (χ3v) is 3.36. The van der Waals surface area contributed by atoms with Crippen molar-refractivity contribution in [2.24, 2.45) is 0 Å². The number of rotatable bonds is 5. The fourth-order valence-corrected chi connectivity index (χ4v) is 1.65. The molecule has 0 amide bonds. The Morgan fingerprint density at radius 3 is 2.88 bits per heavy atom. The summed E-state index contributed by atoms with van der Waals surface area (Å²) in [6.45, 7) is 4.17. The van der Waals surface area contributed by atoms with Gasteiger partial charge < -0.3 is 10.1 Å². The second kappa shape index (κ2) is 5.92. The third-order valence-electron chi connectivity index (χ3n) is 2.39. The number of ether oxygens (including phenoxy) is 1. The molecule has 1 unspecified atom stereocenters. The highest BCUT2D eigenvalue weighted by atomic mass is 79.9. The van der Waals surface area contributed by atoms with Crippen LogP contribution in [0.3, 0.4) is 0 Å². The van der Waals surface area contributed by atoms with Crippen LogP contribution in [0.15, 0.2) is 10.7 Å². The van der Waals surface area contributed by atoms with Crippen LogP contribution in [0.4, 0.5) is 11.5 Å². The van der Waals surface area contributed by atoms with Crippen LogP contribution in [0.25, 0.3) is 0 Å². The Bertz CT molecular complexity index is 426. The lowest BCUT2D eigenvalue weighted by Gasteiger charge is -2.13. The fourth-order valence-electron chi connectivity index (χ4n) is 1.20. The van der Waals surface area contributed by atoms with E-state index in [1.54, 1.807) is 14.0 Å². The Hall–Kier alpha value is -1.21. The number of halogens is 1. The minimum Gasteiger partial charge on any atom is -0.380 e. The van der Waals surface area contributed by atoms with Crippen molar-refractivity contribution < 1.29 is 9.66 Å². The van der Waals surface area contributed by atoms with Crippen molar-refractivity contribution in [3.05, 3.63) is 26.3 Å². The second-order valence-electron chi connectivity index (χ2n) is 3.62. The Morgan fingerprint density at radius 1 is 1.71 bits per heavy atom. The summed E-state index contributed by atoms with van der Waals surface area (Å²) in [5, 5.41) is 13.8. The number of anilines is 1. The Labute approximate surface area is 108 Å². The lowest BCUT2D eigenvalue weighted by molar-refractivity contribution is -0.385. The summed E-state index contributed by atoms with van der Waals surface area (Å²) in [4.78, 5) is 14.3. The van der Waals surface area contributed by atoms with Gasteiger partial charge >= 0.3 is 0 Å². The zero-order chi connectivity index (χ0) is 13.0. The predicted molar refractivity (Wildman–Crippen MR) is 68.3 cm³/mol. The zero-order valence-electron chi connectivity index (χ0n) is 9.86. The first-order chi connectivity index (χ1) is 7.97. The summed E-state index contributed by atoms with van der Waals surface area (Å²) in [7, 11) is 1.62. The van der Waals surface area contributed by atoms with Gasteiger partial charge in [0.2, 0.25) is 0 Å². The molecule has 0 aliphatic carbocycles. The Balaban J connectivity index is 2.89. The van der Waals surface area contributed by atoms with Crippen LogP contribution >= 0.6 is 15.9 Å². The van der Waals surface area contributed by atoms with E-state index in [0.29, 0.717) is 22.4 Å². The van der Waals surface area contributed by atoms with Crippen LogP contribution in [0, 0.1) is 17.0 Å². The van der Waals surface area contributed by atoms with Crippen LogP contribution in [0.5, 0.6) is 0 Å². The van der Waals surface area contributed by atoms with Gasteiger partial charge in [0.25, 0.3) is 5.69 Å². The number of nitrogens with one attached hydrogen (secondary N) is 1. The van der Waals surface area contributed by atoms with Crippen LogP contribution in [0.2, 0.25) is 0 Å². The van der Waals surface area contributed by atoms with Gasteiger partial charge in [0.05, 0.1) is 15.5 Å². The van der Waals surface area contributed by atoms with Crippen LogP contribution in [-0.4, -0.2) is 29.7 Å². The standard InChI is InChI=1S/C10H14BrN3O3/c1-6(17-3)4-12-10-9(11)7(2)8(5-13-10)14(15)16/h5-6H,4H2,1-3H3,(H,12,13). The van der Waals surface area contributed by atoms with Gasteiger partial charge in [-0.15, -0.1) is 0 Å². The molecule has 7 heteroatoms. The lowest BCUT2D eigenvalue weighted by atomic mass is 10.2. The lowest BCUT2D eigenvalue weighted by Crippen LogP contribution is -2.19. The van der Waals surface area contributed by atoms with Crippen molar-refractivity contribution >= 4 is 27.4 Å². The average molecular weight is 304 g/mol. The molecule has 1 aromatic heterocycles. The first-order valence-corrected chi connectivity index (χ1v) is 5.82. The van der Waals surface area contributed by atoms with Crippen molar-refractivity contribution in [2.75, 3.05) is 19.0 Å². The van der Waals surface area contributed by atoms with Crippen molar-refractivity contribution in [1.82, 2.24) is 4.98 Å². The van der Waals surface area contributed by atoms with E-state index in [1.807, 2.05) is 6.92 Å². The largest absolute Gasteiger partial charge is 0.380 e. The summed E-state index contributed by atoms with van der Waals surface area (Å²) in [6, 6.07) is 0.